The molecule has 0 spiro atoms. The first-order valence-corrected chi connectivity index (χ1v) is 10.7. The zero-order chi connectivity index (χ0) is 19.4. The maximum atomic E-state index is 12.8. The van der Waals surface area contributed by atoms with E-state index in [0.717, 1.165) is 43.1 Å². The van der Waals surface area contributed by atoms with Crippen LogP contribution >= 0.6 is 11.3 Å². The van der Waals surface area contributed by atoms with E-state index in [4.69, 9.17) is 4.74 Å². The second kappa shape index (κ2) is 8.81. The Morgan fingerprint density at radius 3 is 2.69 bits per heavy atom. The SMILES string of the molecule is CCCN[C@H]1CCc2nc(NC(=O)C(C)(C)CC(C)(C)OCC)sc2C1. The molecule has 26 heavy (non-hydrogen) atoms. The number of aryl methyl sites for hydroxylation is 1. The Hall–Kier alpha value is -0.980. The Balaban J connectivity index is 1.99. The molecule has 2 rings (SSSR count). The topological polar surface area (TPSA) is 63.2 Å². The maximum Gasteiger partial charge on any atom is 0.231 e. The fourth-order valence-electron chi connectivity index (χ4n) is 3.80. The van der Waals surface area contributed by atoms with Crippen LogP contribution in [0, 0.1) is 5.41 Å². The summed E-state index contributed by atoms with van der Waals surface area (Å²) in [5, 5.41) is 7.39. The van der Waals surface area contributed by atoms with Crippen molar-refractivity contribution in [2.24, 2.45) is 5.41 Å². The van der Waals surface area contributed by atoms with E-state index in [2.05, 4.69) is 22.5 Å². The maximum absolute atomic E-state index is 12.8. The summed E-state index contributed by atoms with van der Waals surface area (Å²) in [6.45, 7) is 13.9. The van der Waals surface area contributed by atoms with Crippen molar-refractivity contribution in [2.45, 2.75) is 85.3 Å². The normalized spacial score (nSPS) is 17.8. The minimum Gasteiger partial charge on any atom is -0.376 e. The summed E-state index contributed by atoms with van der Waals surface area (Å²) in [4.78, 5) is 18.8. The van der Waals surface area contributed by atoms with E-state index in [-0.39, 0.29) is 11.5 Å². The van der Waals surface area contributed by atoms with E-state index in [1.165, 1.54) is 4.88 Å². The first kappa shape index (κ1) is 21.3. The lowest BCUT2D eigenvalue weighted by molar-refractivity contribution is -0.128. The van der Waals surface area contributed by atoms with Crippen molar-refractivity contribution in [3.8, 4) is 0 Å². The molecule has 1 heterocycles. The number of carbonyl (C=O) groups is 1. The van der Waals surface area contributed by atoms with E-state index in [1.807, 2.05) is 34.6 Å². The molecule has 0 saturated heterocycles. The van der Waals surface area contributed by atoms with Crippen molar-refractivity contribution in [3.05, 3.63) is 10.6 Å². The molecule has 2 N–H and O–H groups in total. The molecule has 1 aliphatic rings. The number of thiazole rings is 1. The van der Waals surface area contributed by atoms with Crippen LogP contribution in [0.15, 0.2) is 0 Å². The number of nitrogens with one attached hydrogen (secondary N) is 2. The van der Waals surface area contributed by atoms with E-state index in [0.29, 0.717) is 19.1 Å². The molecule has 0 aliphatic heterocycles. The third kappa shape index (κ3) is 5.76. The van der Waals surface area contributed by atoms with Crippen molar-refractivity contribution in [1.82, 2.24) is 10.3 Å². The molecule has 6 heteroatoms. The minimum absolute atomic E-state index is 0.0111. The van der Waals surface area contributed by atoms with Crippen molar-refractivity contribution >= 4 is 22.4 Å². The predicted molar refractivity (Wildman–Crippen MR) is 109 cm³/mol. The quantitative estimate of drug-likeness (QED) is 0.674. The lowest BCUT2D eigenvalue weighted by atomic mass is 9.81. The first-order valence-electron chi connectivity index (χ1n) is 9.84. The summed E-state index contributed by atoms with van der Waals surface area (Å²) in [5.41, 5.74) is 0.318. The van der Waals surface area contributed by atoms with Gasteiger partial charge < -0.3 is 15.4 Å². The number of hydrogen-bond donors (Lipinski definition) is 2. The first-order chi connectivity index (χ1) is 12.2. The van der Waals surface area contributed by atoms with Gasteiger partial charge in [-0.1, -0.05) is 20.8 Å². The average molecular weight is 382 g/mol. The molecule has 1 atom stereocenters. The van der Waals surface area contributed by atoms with E-state index in [1.54, 1.807) is 11.3 Å². The number of fused-ring (bicyclic) bond motifs is 1. The summed E-state index contributed by atoms with van der Waals surface area (Å²) in [5.74, 6) is 0.0111. The number of carbonyl (C=O) groups excluding carboxylic acids is 1. The van der Waals surface area contributed by atoms with Gasteiger partial charge in [-0.25, -0.2) is 4.98 Å². The van der Waals surface area contributed by atoms with Crippen LogP contribution in [0.4, 0.5) is 5.13 Å². The summed E-state index contributed by atoms with van der Waals surface area (Å²) in [7, 11) is 0. The molecule has 5 nitrogen and oxygen atoms in total. The lowest BCUT2D eigenvalue weighted by Gasteiger charge is -2.33. The molecule has 0 unspecified atom stereocenters. The Morgan fingerprint density at radius 1 is 1.31 bits per heavy atom. The van der Waals surface area contributed by atoms with Gasteiger partial charge in [-0.3, -0.25) is 4.79 Å². The fourth-order valence-corrected chi connectivity index (χ4v) is 4.89. The number of ether oxygens (including phenoxy) is 1. The predicted octanol–water partition coefficient (Wildman–Crippen LogP) is 4.17. The third-order valence-corrected chi connectivity index (χ3v) is 5.90. The zero-order valence-corrected chi connectivity index (χ0v) is 18.0. The highest BCUT2D eigenvalue weighted by atomic mass is 32.1. The molecular formula is C20H35N3O2S. The third-order valence-electron chi connectivity index (χ3n) is 4.86. The van der Waals surface area contributed by atoms with Gasteiger partial charge in [0.05, 0.1) is 11.3 Å². The van der Waals surface area contributed by atoms with Crippen LogP contribution in [-0.2, 0) is 22.4 Å². The Kier molecular flexibility index (Phi) is 7.22. The molecule has 1 aliphatic carbocycles. The van der Waals surface area contributed by atoms with E-state index >= 15 is 0 Å². The van der Waals surface area contributed by atoms with Crippen molar-refractivity contribution in [3.63, 3.8) is 0 Å². The van der Waals surface area contributed by atoms with Gasteiger partial charge in [0.1, 0.15) is 0 Å². The average Bonchev–Trinajstić information content (AvgIpc) is 2.93. The number of anilines is 1. The molecule has 0 bridgehead atoms. The molecular weight excluding hydrogens is 346 g/mol. The molecule has 0 aromatic carbocycles. The van der Waals surface area contributed by atoms with Gasteiger partial charge in [-0.2, -0.15) is 0 Å². The number of aromatic nitrogens is 1. The van der Waals surface area contributed by atoms with E-state index < -0.39 is 5.41 Å². The number of rotatable bonds is 9. The highest BCUT2D eigenvalue weighted by Gasteiger charge is 2.36. The van der Waals surface area contributed by atoms with Crippen LogP contribution < -0.4 is 10.6 Å². The van der Waals surface area contributed by atoms with E-state index in [9.17, 15) is 4.79 Å². The largest absolute Gasteiger partial charge is 0.376 e. The smallest absolute Gasteiger partial charge is 0.231 e. The summed E-state index contributed by atoms with van der Waals surface area (Å²) >= 11 is 1.63. The standard InChI is InChI=1S/C20H35N3O2S/c1-7-11-21-14-9-10-15-16(12-14)26-18(22-15)23-17(24)19(3,4)13-20(5,6)25-8-2/h14,21H,7-13H2,1-6H3,(H,22,23,24)/t14-/m0/s1. The molecule has 1 amide bonds. The van der Waals surface area contributed by atoms with Gasteiger partial charge in [0.15, 0.2) is 5.13 Å². The van der Waals surface area contributed by atoms with Crippen LogP contribution in [0.25, 0.3) is 0 Å². The summed E-state index contributed by atoms with van der Waals surface area (Å²) in [6, 6.07) is 0.537. The Bertz CT molecular complexity index is 610. The molecule has 0 fully saturated rings. The van der Waals surface area contributed by atoms with Crippen molar-refractivity contribution in [1.29, 1.82) is 0 Å². The van der Waals surface area contributed by atoms with Crippen molar-refractivity contribution < 1.29 is 9.53 Å². The van der Waals surface area contributed by atoms with Gasteiger partial charge in [0.2, 0.25) is 5.91 Å². The van der Waals surface area contributed by atoms with Gasteiger partial charge in [0.25, 0.3) is 0 Å². The van der Waals surface area contributed by atoms with Gasteiger partial charge in [-0.05, 0) is 59.4 Å². The molecule has 148 valence electrons. The second-order valence-electron chi connectivity index (χ2n) is 8.49. The summed E-state index contributed by atoms with van der Waals surface area (Å²) < 4.78 is 5.78. The zero-order valence-electron chi connectivity index (χ0n) is 17.2. The molecule has 0 saturated carbocycles. The fraction of sp³-hybridized carbons (Fsp3) is 0.800. The van der Waals surface area contributed by atoms with Crippen LogP contribution in [0.2, 0.25) is 0 Å². The Labute approximate surface area is 162 Å². The minimum atomic E-state index is -0.518. The molecule has 0 radical (unpaired) electrons. The summed E-state index contributed by atoms with van der Waals surface area (Å²) in [6.07, 6.45) is 4.94. The van der Waals surface area contributed by atoms with Crippen LogP contribution in [0.5, 0.6) is 0 Å². The van der Waals surface area contributed by atoms with Crippen molar-refractivity contribution in [2.75, 3.05) is 18.5 Å². The molecule has 1 aromatic rings. The number of nitrogens with zero attached hydrogens (tertiary/aromatic N) is 1. The number of amides is 1. The van der Waals surface area contributed by atoms with Crippen LogP contribution in [0.3, 0.4) is 0 Å². The monoisotopic (exact) mass is 381 g/mol. The van der Waals surface area contributed by atoms with Gasteiger partial charge in [-0.15, -0.1) is 11.3 Å². The number of hydrogen-bond acceptors (Lipinski definition) is 5. The lowest BCUT2D eigenvalue weighted by Crippen LogP contribution is -2.39. The highest BCUT2D eigenvalue weighted by molar-refractivity contribution is 7.15. The molecule has 1 aromatic heterocycles. The Morgan fingerprint density at radius 2 is 2.04 bits per heavy atom. The van der Waals surface area contributed by atoms with Gasteiger partial charge in [0, 0.05) is 22.9 Å². The van der Waals surface area contributed by atoms with Gasteiger partial charge >= 0.3 is 0 Å². The van der Waals surface area contributed by atoms with Crippen LogP contribution in [0.1, 0.15) is 71.4 Å². The second-order valence-corrected chi connectivity index (χ2v) is 9.57. The van der Waals surface area contributed by atoms with Crippen LogP contribution in [-0.4, -0.2) is 35.7 Å². The highest BCUT2D eigenvalue weighted by Crippen LogP contribution is 2.34.